The van der Waals surface area contributed by atoms with Crippen LogP contribution in [0.2, 0.25) is 5.02 Å². The molecular weight excluding hydrogens is 522 g/mol. The SMILES string of the molecule is CCOc1cc(/C=C2/SC(=S)N(NC(=O)c3ccc(Cl)cc3)C2=O)ccc1OCC(=O)N(CC)CC. The lowest BCUT2D eigenvalue weighted by atomic mass is 10.2. The van der Waals surface area contributed by atoms with Crippen molar-refractivity contribution in [3.63, 3.8) is 0 Å². The Morgan fingerprint density at radius 2 is 1.78 bits per heavy atom. The summed E-state index contributed by atoms with van der Waals surface area (Å²) in [4.78, 5) is 39.8. The predicted molar refractivity (Wildman–Crippen MR) is 145 cm³/mol. The third-order valence-corrected chi connectivity index (χ3v) is 6.70. The average Bonchev–Trinajstić information content (AvgIpc) is 3.12. The summed E-state index contributed by atoms with van der Waals surface area (Å²) in [6, 6.07) is 11.4. The molecule has 2 aromatic rings. The Balaban J connectivity index is 1.73. The number of halogens is 1. The lowest BCUT2D eigenvalue weighted by molar-refractivity contribution is -0.133. The number of hydrogen-bond donors (Lipinski definition) is 1. The maximum atomic E-state index is 12.9. The Labute approximate surface area is 224 Å². The van der Waals surface area contributed by atoms with E-state index in [-0.39, 0.29) is 16.8 Å². The summed E-state index contributed by atoms with van der Waals surface area (Å²) < 4.78 is 11.6. The molecule has 1 aliphatic heterocycles. The molecule has 1 saturated heterocycles. The summed E-state index contributed by atoms with van der Waals surface area (Å²) in [6.07, 6.45) is 1.65. The largest absolute Gasteiger partial charge is 0.490 e. The number of thiocarbonyl (C=S) groups is 1. The van der Waals surface area contributed by atoms with Gasteiger partial charge in [0.25, 0.3) is 17.7 Å². The molecule has 0 aromatic heterocycles. The van der Waals surface area contributed by atoms with E-state index >= 15 is 0 Å². The highest BCUT2D eigenvalue weighted by Gasteiger charge is 2.33. The smallest absolute Gasteiger partial charge is 0.285 e. The molecule has 0 spiro atoms. The van der Waals surface area contributed by atoms with Crippen molar-refractivity contribution in [1.29, 1.82) is 0 Å². The number of carbonyl (C=O) groups is 3. The van der Waals surface area contributed by atoms with Gasteiger partial charge in [-0.3, -0.25) is 19.8 Å². The van der Waals surface area contributed by atoms with Crippen LogP contribution < -0.4 is 14.9 Å². The number of amides is 3. The quantitative estimate of drug-likeness (QED) is 0.345. The summed E-state index contributed by atoms with van der Waals surface area (Å²) in [7, 11) is 0. The second-order valence-electron chi connectivity index (χ2n) is 7.46. The summed E-state index contributed by atoms with van der Waals surface area (Å²) >= 11 is 12.2. The number of carbonyl (C=O) groups excluding carboxylic acids is 3. The Morgan fingerprint density at radius 3 is 2.42 bits per heavy atom. The molecule has 0 atom stereocenters. The molecule has 0 aliphatic carbocycles. The molecule has 8 nitrogen and oxygen atoms in total. The Morgan fingerprint density at radius 1 is 1.08 bits per heavy atom. The van der Waals surface area contributed by atoms with Crippen molar-refractivity contribution in [2.24, 2.45) is 0 Å². The lowest BCUT2D eigenvalue weighted by Gasteiger charge is -2.19. The lowest BCUT2D eigenvalue weighted by Crippen LogP contribution is -2.44. The molecule has 190 valence electrons. The number of ether oxygens (including phenoxy) is 2. The van der Waals surface area contributed by atoms with Gasteiger partial charge in [0.05, 0.1) is 11.5 Å². The van der Waals surface area contributed by atoms with Crippen molar-refractivity contribution in [1.82, 2.24) is 15.3 Å². The second kappa shape index (κ2) is 12.8. The topological polar surface area (TPSA) is 88.2 Å². The molecule has 36 heavy (non-hydrogen) atoms. The van der Waals surface area contributed by atoms with E-state index in [0.29, 0.717) is 52.3 Å². The van der Waals surface area contributed by atoms with Crippen molar-refractivity contribution < 1.29 is 23.9 Å². The van der Waals surface area contributed by atoms with Crippen molar-refractivity contribution >= 4 is 63.7 Å². The van der Waals surface area contributed by atoms with Crippen LogP contribution in [0.15, 0.2) is 47.4 Å². The molecule has 0 saturated carbocycles. The monoisotopic (exact) mass is 547 g/mol. The van der Waals surface area contributed by atoms with E-state index in [4.69, 9.17) is 33.3 Å². The first-order valence-electron chi connectivity index (χ1n) is 11.3. The fourth-order valence-corrected chi connectivity index (χ4v) is 4.60. The number of benzene rings is 2. The number of rotatable bonds is 10. The van der Waals surface area contributed by atoms with Crippen LogP contribution in [-0.4, -0.2) is 58.3 Å². The Kier molecular flexibility index (Phi) is 9.74. The molecule has 3 rings (SSSR count). The molecule has 11 heteroatoms. The van der Waals surface area contributed by atoms with Crippen LogP contribution in [0, 0.1) is 0 Å². The minimum Gasteiger partial charge on any atom is -0.490 e. The summed E-state index contributed by atoms with van der Waals surface area (Å²) in [5.41, 5.74) is 3.55. The standard InChI is InChI=1S/C25H26ClN3O5S2/c1-4-28(5-2)22(30)15-34-19-12-7-16(13-20(19)33-6-3)14-21-24(32)29(25(35)36-21)27-23(31)17-8-10-18(26)11-9-17/h7-14H,4-6,15H2,1-3H3,(H,27,31)/b21-14+. The number of nitrogens with zero attached hydrogens (tertiary/aromatic N) is 2. The Hall–Kier alpha value is -3.08. The molecule has 3 amide bonds. The van der Waals surface area contributed by atoms with E-state index < -0.39 is 11.8 Å². The average molecular weight is 548 g/mol. The first-order chi connectivity index (χ1) is 17.3. The zero-order valence-corrected chi connectivity index (χ0v) is 22.5. The van der Waals surface area contributed by atoms with E-state index in [1.807, 2.05) is 20.8 Å². The Bertz CT molecular complexity index is 1180. The minimum absolute atomic E-state index is 0.104. The molecule has 0 unspecified atom stereocenters. The van der Waals surface area contributed by atoms with E-state index in [0.717, 1.165) is 16.8 Å². The summed E-state index contributed by atoms with van der Waals surface area (Å²) in [6.45, 7) is 7.16. The third kappa shape index (κ3) is 6.77. The van der Waals surface area contributed by atoms with Gasteiger partial charge in [0.15, 0.2) is 22.4 Å². The molecule has 1 N–H and O–H groups in total. The summed E-state index contributed by atoms with van der Waals surface area (Å²) in [5.74, 6) is -0.169. The summed E-state index contributed by atoms with van der Waals surface area (Å²) in [5, 5.41) is 1.54. The van der Waals surface area contributed by atoms with Crippen molar-refractivity contribution in [2.45, 2.75) is 20.8 Å². The predicted octanol–water partition coefficient (Wildman–Crippen LogP) is 4.53. The van der Waals surface area contributed by atoms with Gasteiger partial charge >= 0.3 is 0 Å². The molecule has 1 fully saturated rings. The van der Waals surface area contributed by atoms with Crippen LogP contribution in [0.5, 0.6) is 11.5 Å². The molecule has 2 aromatic carbocycles. The fourth-order valence-electron chi connectivity index (χ4n) is 3.29. The van der Waals surface area contributed by atoms with Crippen LogP contribution >= 0.6 is 35.6 Å². The van der Waals surface area contributed by atoms with E-state index in [9.17, 15) is 14.4 Å². The molecule has 1 aliphatic rings. The van der Waals surface area contributed by atoms with Crippen molar-refractivity contribution in [3.05, 3.63) is 63.5 Å². The molecular formula is C25H26ClN3O5S2. The first kappa shape index (κ1) is 27.5. The third-order valence-electron chi connectivity index (χ3n) is 5.15. The highest BCUT2D eigenvalue weighted by molar-refractivity contribution is 8.26. The number of hydrazine groups is 1. The van der Waals surface area contributed by atoms with Gasteiger partial charge in [-0.2, -0.15) is 5.01 Å². The van der Waals surface area contributed by atoms with Crippen LogP contribution in [0.25, 0.3) is 6.08 Å². The zero-order chi connectivity index (χ0) is 26.2. The van der Waals surface area contributed by atoms with E-state index in [2.05, 4.69) is 5.43 Å². The van der Waals surface area contributed by atoms with Gasteiger partial charge in [0.2, 0.25) is 0 Å². The highest BCUT2D eigenvalue weighted by Crippen LogP contribution is 2.34. The maximum absolute atomic E-state index is 12.9. The number of likely N-dealkylation sites (N-methyl/N-ethyl adjacent to an activating group) is 1. The van der Waals surface area contributed by atoms with Gasteiger partial charge in [-0.1, -0.05) is 29.4 Å². The maximum Gasteiger partial charge on any atom is 0.285 e. The first-order valence-corrected chi connectivity index (χ1v) is 12.9. The number of hydrogen-bond acceptors (Lipinski definition) is 7. The van der Waals surface area contributed by atoms with Gasteiger partial charge in [0.1, 0.15) is 0 Å². The normalized spacial score (nSPS) is 14.2. The fraction of sp³-hybridized carbons (Fsp3) is 0.280. The van der Waals surface area contributed by atoms with Gasteiger partial charge in [-0.25, -0.2) is 0 Å². The minimum atomic E-state index is -0.483. The van der Waals surface area contributed by atoms with Gasteiger partial charge < -0.3 is 14.4 Å². The van der Waals surface area contributed by atoms with Crippen LogP contribution in [0.3, 0.4) is 0 Å². The molecule has 1 heterocycles. The van der Waals surface area contributed by atoms with Gasteiger partial charge in [0, 0.05) is 23.7 Å². The van der Waals surface area contributed by atoms with Crippen molar-refractivity contribution in [2.75, 3.05) is 26.3 Å². The molecule has 0 bridgehead atoms. The number of nitrogens with one attached hydrogen (secondary N) is 1. The van der Waals surface area contributed by atoms with Gasteiger partial charge in [-0.05, 0) is 81.0 Å². The van der Waals surface area contributed by atoms with Gasteiger partial charge in [-0.15, -0.1) is 0 Å². The van der Waals surface area contributed by atoms with Crippen LogP contribution in [0.4, 0.5) is 0 Å². The second-order valence-corrected chi connectivity index (χ2v) is 9.57. The van der Waals surface area contributed by atoms with E-state index in [1.54, 1.807) is 53.4 Å². The zero-order valence-electron chi connectivity index (χ0n) is 20.1. The van der Waals surface area contributed by atoms with E-state index in [1.165, 1.54) is 0 Å². The number of thioether (sulfide) groups is 1. The van der Waals surface area contributed by atoms with Crippen LogP contribution in [0.1, 0.15) is 36.7 Å². The van der Waals surface area contributed by atoms with Crippen LogP contribution in [-0.2, 0) is 9.59 Å². The molecule has 0 radical (unpaired) electrons. The highest BCUT2D eigenvalue weighted by atomic mass is 35.5. The van der Waals surface area contributed by atoms with Crippen molar-refractivity contribution in [3.8, 4) is 11.5 Å².